The fraction of sp³-hybridized carbons (Fsp3) is 0.800. The van der Waals surface area contributed by atoms with Gasteiger partial charge in [0, 0.05) is 31.5 Å². The Bertz CT molecular complexity index is 336. The Morgan fingerprint density at radius 1 is 1.47 bits per heavy atom. The third-order valence-electron chi connectivity index (χ3n) is 4.29. The van der Waals surface area contributed by atoms with Gasteiger partial charge >= 0.3 is 0 Å². The number of nitrogens with zero attached hydrogens (tertiary/aromatic N) is 3. The molecule has 1 fully saturated rings. The molecule has 2 heterocycles. The van der Waals surface area contributed by atoms with Gasteiger partial charge in [-0.1, -0.05) is 6.92 Å². The van der Waals surface area contributed by atoms with Gasteiger partial charge in [0.2, 0.25) is 0 Å². The second-order valence-electron chi connectivity index (χ2n) is 5.66. The van der Waals surface area contributed by atoms with Crippen molar-refractivity contribution in [1.29, 1.82) is 0 Å². The van der Waals surface area contributed by atoms with Gasteiger partial charge in [0.25, 0.3) is 0 Å². The zero-order chi connectivity index (χ0) is 13.5. The molecular weight excluding hydrogens is 236 g/mol. The molecule has 0 saturated carbocycles. The zero-order valence-corrected chi connectivity index (χ0v) is 12.4. The normalized spacial score (nSPS) is 22.5. The third-order valence-corrected chi connectivity index (χ3v) is 4.29. The minimum Gasteiger partial charge on any atom is -0.314 e. The minimum atomic E-state index is 0.631. The van der Waals surface area contributed by atoms with Crippen LogP contribution in [0.1, 0.15) is 33.1 Å². The number of rotatable bonds is 7. The number of piperidine rings is 1. The highest BCUT2D eigenvalue weighted by Gasteiger charge is 2.23. The molecule has 0 amide bonds. The SMILES string of the molecule is CCN1CCCC(C(C)NCCCn2cccn2)C1. The maximum absolute atomic E-state index is 4.23. The van der Waals surface area contributed by atoms with Crippen molar-refractivity contribution in [1.82, 2.24) is 20.0 Å². The van der Waals surface area contributed by atoms with Crippen molar-refractivity contribution < 1.29 is 0 Å². The largest absolute Gasteiger partial charge is 0.314 e. The maximum Gasteiger partial charge on any atom is 0.0489 e. The molecule has 2 atom stereocenters. The average molecular weight is 264 g/mol. The molecule has 2 rings (SSSR count). The summed E-state index contributed by atoms with van der Waals surface area (Å²) in [5, 5.41) is 7.92. The number of hydrogen-bond acceptors (Lipinski definition) is 3. The molecule has 0 bridgehead atoms. The Hall–Kier alpha value is -0.870. The van der Waals surface area contributed by atoms with Gasteiger partial charge in [0.15, 0.2) is 0 Å². The lowest BCUT2D eigenvalue weighted by atomic mass is 9.91. The van der Waals surface area contributed by atoms with Crippen LogP contribution in [0.25, 0.3) is 0 Å². The van der Waals surface area contributed by atoms with Crippen LogP contribution in [0, 0.1) is 5.92 Å². The quantitative estimate of drug-likeness (QED) is 0.765. The second-order valence-corrected chi connectivity index (χ2v) is 5.66. The molecule has 4 heteroatoms. The predicted molar refractivity (Wildman–Crippen MR) is 79.1 cm³/mol. The van der Waals surface area contributed by atoms with E-state index >= 15 is 0 Å². The van der Waals surface area contributed by atoms with E-state index in [4.69, 9.17) is 0 Å². The van der Waals surface area contributed by atoms with E-state index in [1.807, 2.05) is 23.1 Å². The van der Waals surface area contributed by atoms with Crippen molar-refractivity contribution in [3.8, 4) is 0 Å². The molecule has 0 aliphatic carbocycles. The molecule has 1 aliphatic rings. The van der Waals surface area contributed by atoms with Gasteiger partial charge in [0.1, 0.15) is 0 Å². The summed E-state index contributed by atoms with van der Waals surface area (Å²) in [6.45, 7) is 10.5. The highest BCUT2D eigenvalue weighted by molar-refractivity contribution is 4.80. The van der Waals surface area contributed by atoms with E-state index in [-0.39, 0.29) is 0 Å². The summed E-state index contributed by atoms with van der Waals surface area (Å²) in [5.74, 6) is 0.818. The summed E-state index contributed by atoms with van der Waals surface area (Å²) in [7, 11) is 0. The molecule has 0 spiro atoms. The van der Waals surface area contributed by atoms with E-state index in [2.05, 4.69) is 29.2 Å². The standard InChI is InChI=1S/C15H28N4/c1-3-18-10-4-7-15(13-18)14(2)16-8-5-11-19-12-6-9-17-19/h6,9,12,14-16H,3-5,7-8,10-11,13H2,1-2H3. The molecule has 4 nitrogen and oxygen atoms in total. The molecule has 1 saturated heterocycles. The topological polar surface area (TPSA) is 33.1 Å². The first-order valence-corrected chi connectivity index (χ1v) is 7.72. The van der Waals surface area contributed by atoms with Gasteiger partial charge in [-0.25, -0.2) is 0 Å². The molecule has 0 radical (unpaired) electrons. The van der Waals surface area contributed by atoms with Gasteiger partial charge in [-0.2, -0.15) is 5.10 Å². The summed E-state index contributed by atoms with van der Waals surface area (Å²) in [4.78, 5) is 2.58. The lowest BCUT2D eigenvalue weighted by Gasteiger charge is -2.35. The highest BCUT2D eigenvalue weighted by Crippen LogP contribution is 2.19. The van der Waals surface area contributed by atoms with Crippen LogP contribution in [0.5, 0.6) is 0 Å². The molecule has 0 aromatic carbocycles. The van der Waals surface area contributed by atoms with Crippen molar-refractivity contribution in [2.75, 3.05) is 26.2 Å². The van der Waals surface area contributed by atoms with Gasteiger partial charge in [-0.05, 0) is 57.8 Å². The predicted octanol–water partition coefficient (Wildman–Crippen LogP) is 1.98. The highest BCUT2D eigenvalue weighted by atomic mass is 15.3. The van der Waals surface area contributed by atoms with Crippen LogP contribution in [-0.4, -0.2) is 46.9 Å². The third kappa shape index (κ3) is 4.62. The Morgan fingerprint density at radius 2 is 2.37 bits per heavy atom. The molecule has 1 N–H and O–H groups in total. The van der Waals surface area contributed by atoms with Gasteiger partial charge < -0.3 is 10.2 Å². The Labute approximate surface area is 117 Å². The fourth-order valence-corrected chi connectivity index (χ4v) is 2.96. The molecule has 2 unspecified atom stereocenters. The number of aryl methyl sites for hydroxylation is 1. The Balaban J connectivity index is 1.62. The number of nitrogens with one attached hydrogen (secondary N) is 1. The van der Waals surface area contributed by atoms with Gasteiger partial charge in [-0.15, -0.1) is 0 Å². The molecule has 1 aliphatic heterocycles. The van der Waals surface area contributed by atoms with Crippen molar-refractivity contribution in [2.24, 2.45) is 5.92 Å². The van der Waals surface area contributed by atoms with E-state index < -0.39 is 0 Å². The van der Waals surface area contributed by atoms with E-state index in [0.717, 1.165) is 25.4 Å². The first-order chi connectivity index (χ1) is 9.29. The van der Waals surface area contributed by atoms with Crippen molar-refractivity contribution in [3.63, 3.8) is 0 Å². The fourth-order valence-electron chi connectivity index (χ4n) is 2.96. The maximum atomic E-state index is 4.23. The van der Waals surface area contributed by atoms with Crippen molar-refractivity contribution >= 4 is 0 Å². The number of hydrogen-bond donors (Lipinski definition) is 1. The molecule has 1 aromatic rings. The smallest absolute Gasteiger partial charge is 0.0489 e. The second kappa shape index (κ2) is 7.65. The van der Waals surface area contributed by atoms with E-state index in [0.29, 0.717) is 6.04 Å². The van der Waals surface area contributed by atoms with Crippen molar-refractivity contribution in [3.05, 3.63) is 18.5 Å². The molecule has 1 aromatic heterocycles. The summed E-state index contributed by atoms with van der Waals surface area (Å²) >= 11 is 0. The molecule has 108 valence electrons. The zero-order valence-electron chi connectivity index (χ0n) is 12.4. The van der Waals surface area contributed by atoms with Crippen molar-refractivity contribution in [2.45, 2.75) is 45.7 Å². The van der Waals surface area contributed by atoms with Crippen LogP contribution in [0.2, 0.25) is 0 Å². The first-order valence-electron chi connectivity index (χ1n) is 7.72. The summed E-state index contributed by atoms with van der Waals surface area (Å²) < 4.78 is 2.01. The van der Waals surface area contributed by atoms with Gasteiger partial charge in [0.05, 0.1) is 0 Å². The molecule has 19 heavy (non-hydrogen) atoms. The van der Waals surface area contributed by atoms with Gasteiger partial charge in [-0.3, -0.25) is 4.68 Å². The van der Waals surface area contributed by atoms with E-state index in [9.17, 15) is 0 Å². The van der Waals surface area contributed by atoms with Crippen LogP contribution in [0.3, 0.4) is 0 Å². The number of likely N-dealkylation sites (tertiary alicyclic amines) is 1. The first kappa shape index (κ1) is 14.5. The average Bonchev–Trinajstić information content (AvgIpc) is 2.96. The van der Waals surface area contributed by atoms with Crippen LogP contribution in [0.15, 0.2) is 18.5 Å². The molecular formula is C15H28N4. The van der Waals surface area contributed by atoms with Crippen LogP contribution >= 0.6 is 0 Å². The van der Waals surface area contributed by atoms with Crippen LogP contribution in [-0.2, 0) is 6.54 Å². The Kier molecular flexibility index (Phi) is 5.86. The number of aromatic nitrogens is 2. The lowest BCUT2D eigenvalue weighted by molar-refractivity contribution is 0.157. The monoisotopic (exact) mass is 264 g/mol. The van der Waals surface area contributed by atoms with Crippen LogP contribution in [0.4, 0.5) is 0 Å². The summed E-state index contributed by atoms with van der Waals surface area (Å²) in [5.41, 5.74) is 0. The Morgan fingerprint density at radius 3 is 3.11 bits per heavy atom. The van der Waals surface area contributed by atoms with E-state index in [1.165, 1.54) is 32.5 Å². The lowest BCUT2D eigenvalue weighted by Crippen LogP contribution is -2.44. The van der Waals surface area contributed by atoms with Crippen LogP contribution < -0.4 is 5.32 Å². The van der Waals surface area contributed by atoms with E-state index in [1.54, 1.807) is 0 Å². The summed E-state index contributed by atoms with van der Waals surface area (Å²) in [6.07, 6.45) is 7.76. The minimum absolute atomic E-state index is 0.631. The summed E-state index contributed by atoms with van der Waals surface area (Å²) in [6, 6.07) is 2.62.